The molecule has 3 heterocycles. The van der Waals surface area contributed by atoms with Crippen molar-refractivity contribution in [2.75, 3.05) is 18.2 Å². The lowest BCUT2D eigenvalue weighted by atomic mass is 9.77. The Bertz CT molecular complexity index is 3120. The molecule has 2 atom stereocenters. The average molecular weight is 1010 g/mol. The summed E-state index contributed by atoms with van der Waals surface area (Å²) in [6, 6.07) is 65.1. The summed E-state index contributed by atoms with van der Waals surface area (Å²) >= 11 is 2.53. The molecule has 1 aromatic heterocycles. The number of carbonyl (C=O) groups excluding carboxylic acids is 3. The van der Waals surface area contributed by atoms with Crippen LogP contribution in [0.25, 0.3) is 0 Å². The van der Waals surface area contributed by atoms with Crippen molar-refractivity contribution in [2.24, 2.45) is 5.16 Å². The minimum Gasteiger partial charge on any atom is -0.448 e. The molecule has 2 N–H and O–H groups in total. The van der Waals surface area contributed by atoms with Crippen LogP contribution >= 0.6 is 30.5 Å². The molecule has 12 nitrogen and oxygen atoms in total. The zero-order valence-corrected chi connectivity index (χ0v) is 41.2. The van der Waals surface area contributed by atoms with Crippen molar-refractivity contribution in [1.82, 2.24) is 15.2 Å². The standard InChI is InChI=1S/C57H46N5O7PS2/c1-67-61-48(46-37-72-56(58-46)60-57(41-27-13-4-14-28-41,42-29-15-5-16-30-42)43-31-17-6-18-32-43)52(63)59-49-53(64)62-50(55(65)68-51(39-23-9-2-10-24-39)40-25-11-3-12-26-40)47(38-71-54(49)62)69-70(66,44-33-19-7-20-34-44)45-35-21-8-22-36-45/h2-37,49,51,54H,38H2,1H3,(H,58,60)(H,59,63)/t49-,54-/m1/s1. The van der Waals surface area contributed by atoms with E-state index in [1.807, 2.05) is 127 Å². The molecular weight excluding hydrogens is 962 g/mol. The highest BCUT2D eigenvalue weighted by atomic mass is 32.2. The van der Waals surface area contributed by atoms with Gasteiger partial charge in [0.05, 0.1) is 16.4 Å². The van der Waals surface area contributed by atoms with Crippen LogP contribution in [0.5, 0.6) is 0 Å². The summed E-state index contributed by atoms with van der Waals surface area (Å²) in [5.41, 5.74) is 3.20. The predicted octanol–water partition coefficient (Wildman–Crippen LogP) is 9.79. The molecule has 15 heteroatoms. The van der Waals surface area contributed by atoms with Crippen LogP contribution in [0.4, 0.5) is 5.13 Å². The number of nitrogens with one attached hydrogen (secondary N) is 2. The van der Waals surface area contributed by atoms with E-state index in [2.05, 4.69) is 52.2 Å². The maximum absolute atomic E-state index is 15.4. The lowest BCUT2D eigenvalue weighted by Gasteiger charge is -2.49. The number of β-lactam (4-membered cyclic amide) rings is 1. The van der Waals surface area contributed by atoms with Crippen LogP contribution in [0, 0.1) is 0 Å². The zero-order valence-electron chi connectivity index (χ0n) is 38.7. The fraction of sp³-hybridized carbons (Fsp3) is 0.105. The Morgan fingerprint density at radius 3 is 1.62 bits per heavy atom. The molecule has 2 aliphatic heterocycles. The van der Waals surface area contributed by atoms with E-state index in [1.54, 1.807) is 53.9 Å². The molecule has 0 aliphatic carbocycles. The van der Waals surface area contributed by atoms with Gasteiger partial charge in [-0.05, 0) is 52.1 Å². The molecule has 0 bridgehead atoms. The van der Waals surface area contributed by atoms with E-state index in [4.69, 9.17) is 19.1 Å². The molecule has 0 spiro atoms. The van der Waals surface area contributed by atoms with Crippen molar-refractivity contribution in [1.29, 1.82) is 0 Å². The van der Waals surface area contributed by atoms with E-state index < -0.39 is 48.2 Å². The first-order valence-corrected chi connectivity index (χ1v) is 26.6. The van der Waals surface area contributed by atoms with E-state index in [9.17, 15) is 14.4 Å². The van der Waals surface area contributed by atoms with E-state index in [0.717, 1.165) is 16.7 Å². The molecule has 72 heavy (non-hydrogen) atoms. The Morgan fingerprint density at radius 1 is 0.694 bits per heavy atom. The number of fused-ring (bicyclic) bond motifs is 1. The number of hydrogen-bond acceptors (Lipinski definition) is 12. The number of aromatic nitrogens is 1. The molecule has 0 saturated carbocycles. The number of hydrogen-bond donors (Lipinski definition) is 2. The van der Waals surface area contributed by atoms with Gasteiger partial charge in [-0.25, -0.2) is 9.78 Å². The second kappa shape index (κ2) is 21.1. The van der Waals surface area contributed by atoms with Gasteiger partial charge < -0.3 is 24.7 Å². The number of nitrogens with zero attached hydrogens (tertiary/aromatic N) is 3. The molecule has 0 unspecified atom stereocenters. The Balaban J connectivity index is 0.967. The molecule has 1 saturated heterocycles. The van der Waals surface area contributed by atoms with Gasteiger partial charge in [-0.3, -0.25) is 19.1 Å². The van der Waals surface area contributed by atoms with Crippen molar-refractivity contribution < 1.29 is 33.0 Å². The summed E-state index contributed by atoms with van der Waals surface area (Å²) in [7, 11) is -2.62. The Labute approximate surface area is 424 Å². The van der Waals surface area contributed by atoms with Gasteiger partial charge in [-0.1, -0.05) is 193 Å². The molecule has 358 valence electrons. The number of ether oxygens (including phenoxy) is 1. The number of benzene rings is 7. The lowest BCUT2D eigenvalue weighted by Crippen LogP contribution is -2.71. The van der Waals surface area contributed by atoms with E-state index in [-0.39, 0.29) is 28.6 Å². The smallest absolute Gasteiger partial charge is 0.359 e. The summed E-state index contributed by atoms with van der Waals surface area (Å²) in [5, 5.41) is 12.9. The van der Waals surface area contributed by atoms with Crippen LogP contribution in [0.2, 0.25) is 0 Å². The van der Waals surface area contributed by atoms with Crippen LogP contribution in [0.15, 0.2) is 234 Å². The molecule has 7 aromatic carbocycles. The number of anilines is 1. The van der Waals surface area contributed by atoms with Gasteiger partial charge in [0.2, 0.25) is 0 Å². The maximum atomic E-state index is 15.4. The minimum atomic E-state index is -3.95. The number of esters is 1. The average Bonchev–Trinajstić information content (AvgIpc) is 3.91. The summed E-state index contributed by atoms with van der Waals surface area (Å²) in [6.45, 7) is 0. The van der Waals surface area contributed by atoms with E-state index in [0.29, 0.717) is 26.9 Å². The highest BCUT2D eigenvalue weighted by Gasteiger charge is 2.56. The van der Waals surface area contributed by atoms with Gasteiger partial charge in [-0.15, -0.1) is 23.1 Å². The van der Waals surface area contributed by atoms with Gasteiger partial charge >= 0.3 is 13.3 Å². The predicted molar refractivity (Wildman–Crippen MR) is 282 cm³/mol. The van der Waals surface area contributed by atoms with Crippen LogP contribution in [0.3, 0.4) is 0 Å². The SMILES string of the molecule is CON=C(C(=O)N[C@@H]1C(=O)N2C(C(=O)OC(c3ccccc3)c3ccccc3)=C(OP(=O)(c3ccccc3)c3ccccc3)CS[C@H]12)c1csc(NC(c2ccccc2)(c2ccccc2)c2ccccc2)n1. The largest absolute Gasteiger partial charge is 0.448 e. The van der Waals surface area contributed by atoms with E-state index in [1.165, 1.54) is 35.1 Å². The fourth-order valence-corrected chi connectivity index (χ4v) is 13.1. The first-order chi connectivity index (χ1) is 35.3. The lowest BCUT2D eigenvalue weighted by molar-refractivity contribution is -0.154. The Kier molecular flexibility index (Phi) is 14.0. The zero-order chi connectivity index (χ0) is 49.5. The molecule has 10 rings (SSSR count). The van der Waals surface area contributed by atoms with Crippen LogP contribution in [-0.4, -0.2) is 57.7 Å². The third-order valence-corrected chi connectivity index (χ3v) is 16.8. The van der Waals surface area contributed by atoms with Gasteiger partial charge in [0, 0.05) is 5.38 Å². The third kappa shape index (κ3) is 9.35. The molecule has 8 aromatic rings. The Hall–Kier alpha value is -8.03. The second-order valence-corrected chi connectivity index (χ2v) is 21.0. The van der Waals surface area contributed by atoms with Crippen LogP contribution < -0.4 is 21.2 Å². The number of rotatable bonds is 17. The molecular formula is C57H46N5O7PS2. The highest BCUT2D eigenvalue weighted by Crippen LogP contribution is 2.51. The first kappa shape index (κ1) is 47.6. The van der Waals surface area contributed by atoms with Gasteiger partial charge in [0.1, 0.15) is 35.5 Å². The van der Waals surface area contributed by atoms with Gasteiger partial charge in [0.25, 0.3) is 11.8 Å². The quantitative estimate of drug-likeness (QED) is 0.0226. The summed E-state index contributed by atoms with van der Waals surface area (Å²) in [4.78, 5) is 55.4. The monoisotopic (exact) mass is 1010 g/mol. The number of oxime groups is 1. The van der Waals surface area contributed by atoms with Gasteiger partial charge in [0.15, 0.2) is 22.6 Å². The number of amides is 2. The molecule has 0 radical (unpaired) electrons. The maximum Gasteiger partial charge on any atom is 0.359 e. The van der Waals surface area contributed by atoms with E-state index >= 15 is 4.57 Å². The topological polar surface area (TPSA) is 149 Å². The number of carbonyl (C=O) groups is 3. The van der Waals surface area contributed by atoms with Gasteiger partial charge in [-0.2, -0.15) is 0 Å². The number of thioether (sulfide) groups is 1. The minimum absolute atomic E-state index is 0.00236. The van der Waals surface area contributed by atoms with Crippen molar-refractivity contribution in [2.45, 2.75) is 23.1 Å². The molecule has 1 fully saturated rings. The fourth-order valence-electron chi connectivity index (χ4n) is 8.94. The van der Waals surface area contributed by atoms with Crippen molar-refractivity contribution in [3.8, 4) is 0 Å². The molecule has 2 amide bonds. The Morgan fingerprint density at radius 2 is 1.15 bits per heavy atom. The van der Waals surface area contributed by atoms with Crippen molar-refractivity contribution >= 4 is 69.7 Å². The summed E-state index contributed by atoms with van der Waals surface area (Å²) < 4.78 is 28.4. The van der Waals surface area contributed by atoms with Crippen LogP contribution in [0.1, 0.15) is 39.6 Å². The first-order valence-electron chi connectivity index (χ1n) is 23.0. The normalized spacial score (nSPS) is 15.8. The highest BCUT2D eigenvalue weighted by molar-refractivity contribution is 8.00. The van der Waals surface area contributed by atoms with Crippen LogP contribution in [-0.2, 0) is 38.6 Å². The second-order valence-electron chi connectivity index (χ2n) is 16.7. The van der Waals surface area contributed by atoms with Crippen molar-refractivity contribution in [3.05, 3.63) is 263 Å². The third-order valence-electron chi connectivity index (χ3n) is 12.3. The number of thiazole rings is 1. The molecule has 2 aliphatic rings. The summed E-state index contributed by atoms with van der Waals surface area (Å²) in [6.07, 6.45) is -0.882. The summed E-state index contributed by atoms with van der Waals surface area (Å²) in [5.74, 6) is -2.22. The van der Waals surface area contributed by atoms with Crippen molar-refractivity contribution in [3.63, 3.8) is 0 Å².